The molecular weight excluding hydrogens is 220 g/mol. The molecule has 0 spiro atoms. The first-order valence-electron chi connectivity index (χ1n) is 6.33. The van der Waals surface area contributed by atoms with E-state index in [4.69, 9.17) is 4.74 Å². The number of carboxylic acid groups (broad SMARTS) is 1. The van der Waals surface area contributed by atoms with Crippen LogP contribution >= 0.6 is 0 Å². The molecule has 4 nitrogen and oxygen atoms in total. The van der Waals surface area contributed by atoms with Gasteiger partial charge in [-0.3, -0.25) is 9.59 Å². The van der Waals surface area contributed by atoms with Crippen molar-refractivity contribution in [3.63, 3.8) is 0 Å². The zero-order chi connectivity index (χ0) is 12.7. The molecule has 0 aromatic heterocycles. The lowest BCUT2D eigenvalue weighted by Crippen LogP contribution is -2.41. The summed E-state index contributed by atoms with van der Waals surface area (Å²) in [6, 6.07) is 0. The molecule has 17 heavy (non-hydrogen) atoms. The van der Waals surface area contributed by atoms with Crippen LogP contribution in [0.3, 0.4) is 0 Å². The molecule has 0 radical (unpaired) electrons. The number of aliphatic carboxylic acids is 1. The van der Waals surface area contributed by atoms with E-state index in [9.17, 15) is 14.7 Å². The van der Waals surface area contributed by atoms with Gasteiger partial charge >= 0.3 is 11.9 Å². The van der Waals surface area contributed by atoms with Gasteiger partial charge in [-0.25, -0.2) is 0 Å². The topological polar surface area (TPSA) is 63.6 Å². The van der Waals surface area contributed by atoms with Crippen LogP contribution in [-0.2, 0) is 14.3 Å². The first-order valence-corrected chi connectivity index (χ1v) is 6.33. The van der Waals surface area contributed by atoms with Gasteiger partial charge in [0.15, 0.2) is 0 Å². The fraction of sp³-hybridized carbons (Fsp3) is 0.846. The monoisotopic (exact) mass is 240 g/mol. The second-order valence-electron chi connectivity index (χ2n) is 5.41. The third-order valence-electron chi connectivity index (χ3n) is 4.98. The molecule has 2 fully saturated rings. The molecule has 0 heterocycles. The number of hydrogen-bond donors (Lipinski definition) is 1. The van der Waals surface area contributed by atoms with Crippen molar-refractivity contribution in [2.45, 2.75) is 26.7 Å². The van der Waals surface area contributed by atoms with Crippen molar-refractivity contribution in [3.8, 4) is 0 Å². The number of fused-ring (bicyclic) bond motifs is 2. The average molecular weight is 240 g/mol. The Bertz CT molecular complexity index is 338. The van der Waals surface area contributed by atoms with Gasteiger partial charge in [-0.05, 0) is 30.1 Å². The normalized spacial score (nSPS) is 43.7. The van der Waals surface area contributed by atoms with Crippen LogP contribution < -0.4 is 0 Å². The Morgan fingerprint density at radius 2 is 1.94 bits per heavy atom. The van der Waals surface area contributed by atoms with Gasteiger partial charge in [0, 0.05) is 0 Å². The zero-order valence-corrected chi connectivity index (χ0v) is 10.6. The summed E-state index contributed by atoms with van der Waals surface area (Å²) in [5.41, 5.74) is 0. The van der Waals surface area contributed by atoms with Gasteiger partial charge in [0.2, 0.25) is 0 Å². The smallest absolute Gasteiger partial charge is 0.309 e. The highest BCUT2D eigenvalue weighted by molar-refractivity contribution is 5.82. The fourth-order valence-corrected chi connectivity index (χ4v) is 4.30. The Labute approximate surface area is 101 Å². The van der Waals surface area contributed by atoms with Crippen LogP contribution in [0.2, 0.25) is 0 Å². The van der Waals surface area contributed by atoms with Crippen LogP contribution in [0.15, 0.2) is 0 Å². The summed E-state index contributed by atoms with van der Waals surface area (Å²) in [6.07, 6.45) is 1.87. The van der Waals surface area contributed by atoms with Crippen molar-refractivity contribution in [2.24, 2.45) is 35.5 Å². The number of hydrogen-bond acceptors (Lipinski definition) is 3. The minimum atomic E-state index is -0.835. The van der Waals surface area contributed by atoms with Gasteiger partial charge in [0.05, 0.1) is 18.9 Å². The van der Waals surface area contributed by atoms with Crippen LogP contribution in [0.5, 0.6) is 0 Å². The number of ether oxygens (including phenoxy) is 1. The van der Waals surface area contributed by atoms with Crippen molar-refractivity contribution < 1.29 is 19.4 Å². The fourth-order valence-electron chi connectivity index (χ4n) is 4.30. The maximum Gasteiger partial charge on any atom is 0.309 e. The van der Waals surface area contributed by atoms with E-state index in [0.717, 1.165) is 12.8 Å². The molecule has 1 N–H and O–H groups in total. The van der Waals surface area contributed by atoms with Gasteiger partial charge in [0.25, 0.3) is 0 Å². The van der Waals surface area contributed by atoms with E-state index in [1.54, 1.807) is 0 Å². The summed E-state index contributed by atoms with van der Waals surface area (Å²) in [4.78, 5) is 23.2. The third kappa shape index (κ3) is 1.65. The van der Waals surface area contributed by atoms with Crippen molar-refractivity contribution in [1.29, 1.82) is 0 Å². The van der Waals surface area contributed by atoms with Crippen LogP contribution in [-0.4, -0.2) is 24.2 Å². The molecule has 0 amide bonds. The third-order valence-corrected chi connectivity index (χ3v) is 4.98. The number of carbonyl (C=O) groups excluding carboxylic acids is 1. The molecule has 0 aromatic carbocycles. The van der Waals surface area contributed by atoms with Crippen molar-refractivity contribution in [1.82, 2.24) is 0 Å². The summed E-state index contributed by atoms with van der Waals surface area (Å²) < 4.78 is 4.78. The minimum absolute atomic E-state index is 0.154. The summed E-state index contributed by atoms with van der Waals surface area (Å²) in [5, 5.41) is 9.34. The van der Waals surface area contributed by atoms with E-state index in [0.29, 0.717) is 11.8 Å². The molecule has 2 rings (SSSR count). The number of methoxy groups -OCH3 is 1. The highest BCUT2D eigenvalue weighted by Crippen LogP contribution is 2.59. The molecule has 2 aliphatic rings. The van der Waals surface area contributed by atoms with Gasteiger partial charge in [-0.1, -0.05) is 20.3 Å². The average Bonchev–Trinajstić information content (AvgIpc) is 2.82. The maximum absolute atomic E-state index is 11.8. The SMILES string of the molecule is CCC1C(C)C2CC1C(C(=O)O)C2C(=O)OC. The highest BCUT2D eigenvalue weighted by atomic mass is 16.5. The Kier molecular flexibility index (Phi) is 3.15. The second kappa shape index (κ2) is 4.31. The molecule has 2 aliphatic carbocycles. The summed E-state index contributed by atoms with van der Waals surface area (Å²) in [7, 11) is 1.34. The number of esters is 1. The van der Waals surface area contributed by atoms with Gasteiger partial charge in [-0.2, -0.15) is 0 Å². The molecule has 6 atom stereocenters. The van der Waals surface area contributed by atoms with Crippen molar-refractivity contribution >= 4 is 11.9 Å². The van der Waals surface area contributed by atoms with E-state index in [1.807, 2.05) is 0 Å². The Hall–Kier alpha value is -1.06. The van der Waals surface area contributed by atoms with Crippen LogP contribution in [0.25, 0.3) is 0 Å². The summed E-state index contributed by atoms with van der Waals surface area (Å²) >= 11 is 0. The molecule has 2 bridgehead atoms. The molecule has 2 saturated carbocycles. The van der Waals surface area contributed by atoms with E-state index >= 15 is 0 Å². The first kappa shape index (κ1) is 12.4. The quantitative estimate of drug-likeness (QED) is 0.764. The Morgan fingerprint density at radius 1 is 1.29 bits per heavy atom. The molecule has 0 aliphatic heterocycles. The van der Waals surface area contributed by atoms with Crippen LogP contribution in [0, 0.1) is 35.5 Å². The molecule has 96 valence electrons. The minimum Gasteiger partial charge on any atom is -0.481 e. The Balaban J connectivity index is 2.30. The van der Waals surface area contributed by atoms with Gasteiger partial charge in [-0.15, -0.1) is 0 Å². The number of carboxylic acids is 1. The van der Waals surface area contributed by atoms with E-state index in [1.165, 1.54) is 7.11 Å². The number of rotatable bonds is 3. The first-order chi connectivity index (χ1) is 8.02. The van der Waals surface area contributed by atoms with Gasteiger partial charge < -0.3 is 9.84 Å². The van der Waals surface area contributed by atoms with Crippen LogP contribution in [0.1, 0.15) is 26.7 Å². The molecule has 6 unspecified atom stereocenters. The molecule has 0 saturated heterocycles. The maximum atomic E-state index is 11.8. The molecular formula is C13H20O4. The summed E-state index contributed by atoms with van der Waals surface area (Å²) in [5.74, 6) is -0.912. The lowest BCUT2D eigenvalue weighted by Gasteiger charge is -2.36. The predicted octanol–water partition coefficient (Wildman–Crippen LogP) is 1.79. The largest absolute Gasteiger partial charge is 0.481 e. The predicted molar refractivity (Wildman–Crippen MR) is 61.2 cm³/mol. The highest BCUT2D eigenvalue weighted by Gasteiger charge is 2.60. The molecule has 4 heteroatoms. The zero-order valence-electron chi connectivity index (χ0n) is 10.6. The van der Waals surface area contributed by atoms with E-state index in [-0.39, 0.29) is 17.8 Å². The second-order valence-corrected chi connectivity index (χ2v) is 5.41. The molecule has 0 aromatic rings. The van der Waals surface area contributed by atoms with Crippen molar-refractivity contribution in [3.05, 3.63) is 0 Å². The Morgan fingerprint density at radius 3 is 2.41 bits per heavy atom. The summed E-state index contributed by atoms with van der Waals surface area (Å²) in [6.45, 7) is 4.25. The standard InChI is InChI=1S/C13H20O4/c1-4-7-6(2)8-5-9(7)10(12(14)15)11(8)13(16)17-3/h6-11H,4-5H2,1-3H3,(H,14,15). The van der Waals surface area contributed by atoms with E-state index < -0.39 is 17.8 Å². The number of carbonyl (C=O) groups is 2. The van der Waals surface area contributed by atoms with Crippen LogP contribution in [0.4, 0.5) is 0 Å². The van der Waals surface area contributed by atoms with Gasteiger partial charge in [0.1, 0.15) is 0 Å². The van der Waals surface area contributed by atoms with E-state index in [2.05, 4.69) is 13.8 Å². The lowest BCUT2D eigenvalue weighted by atomic mass is 9.68. The lowest BCUT2D eigenvalue weighted by molar-refractivity contribution is -0.160. The van der Waals surface area contributed by atoms with Crippen molar-refractivity contribution in [2.75, 3.05) is 7.11 Å².